The molecule has 154 valence electrons. The maximum atomic E-state index is 12.7. The molecule has 3 amide bonds. The van der Waals surface area contributed by atoms with E-state index in [9.17, 15) is 24.0 Å². The Labute approximate surface area is 158 Å². The van der Waals surface area contributed by atoms with Crippen molar-refractivity contribution in [3.63, 3.8) is 0 Å². The first-order valence-corrected chi connectivity index (χ1v) is 8.87. The number of rotatable bonds is 12. The number of carbonyl (C=O) groups is 5. The first-order chi connectivity index (χ1) is 12.5. The summed E-state index contributed by atoms with van der Waals surface area (Å²) in [4.78, 5) is 58.4. The minimum Gasteiger partial charge on any atom is -0.481 e. The number of nitrogens with one attached hydrogen (secondary N) is 3. The van der Waals surface area contributed by atoms with Crippen molar-refractivity contribution < 1.29 is 29.1 Å². The Balaban J connectivity index is 5.31. The van der Waals surface area contributed by atoms with Crippen LogP contribution in [0.4, 0.5) is 0 Å². The summed E-state index contributed by atoms with van der Waals surface area (Å²) in [6.07, 6.45) is 0.575. The van der Waals surface area contributed by atoms with E-state index in [2.05, 4.69) is 16.0 Å². The third-order valence-corrected chi connectivity index (χ3v) is 4.06. The molecule has 10 nitrogen and oxygen atoms in total. The molecule has 0 heterocycles. The number of amides is 3. The van der Waals surface area contributed by atoms with Crippen LogP contribution in [-0.4, -0.2) is 59.3 Å². The fraction of sp³-hybridized carbons (Fsp3) is 0.706. The van der Waals surface area contributed by atoms with Gasteiger partial charge in [0.1, 0.15) is 18.4 Å². The molecule has 0 spiro atoms. The highest BCUT2D eigenvalue weighted by Crippen LogP contribution is 2.10. The summed E-state index contributed by atoms with van der Waals surface area (Å²) < 4.78 is 0. The molecule has 0 unspecified atom stereocenters. The molecule has 0 rings (SSSR count). The maximum Gasteiger partial charge on any atom is 0.303 e. The van der Waals surface area contributed by atoms with Crippen molar-refractivity contribution in [1.82, 2.24) is 16.0 Å². The molecule has 0 aliphatic rings. The molecular weight excluding hydrogens is 356 g/mol. The normalized spacial score (nSPS) is 16.2. The van der Waals surface area contributed by atoms with E-state index in [1.54, 1.807) is 6.92 Å². The lowest BCUT2D eigenvalue weighted by atomic mass is 9.97. The van der Waals surface area contributed by atoms with Gasteiger partial charge in [0.15, 0.2) is 0 Å². The molecule has 0 aliphatic heterocycles. The van der Waals surface area contributed by atoms with Crippen LogP contribution in [0.1, 0.15) is 47.0 Å². The quantitative estimate of drug-likeness (QED) is 0.266. The summed E-state index contributed by atoms with van der Waals surface area (Å²) in [7, 11) is 0. The van der Waals surface area contributed by atoms with E-state index in [0.717, 1.165) is 0 Å². The lowest BCUT2D eigenvalue weighted by molar-refractivity contribution is -0.138. The van der Waals surface area contributed by atoms with Gasteiger partial charge in [-0.2, -0.15) is 0 Å². The Kier molecular flexibility index (Phi) is 10.9. The van der Waals surface area contributed by atoms with Gasteiger partial charge in [0, 0.05) is 6.42 Å². The lowest BCUT2D eigenvalue weighted by Gasteiger charge is -2.27. The molecule has 27 heavy (non-hydrogen) atoms. The molecule has 0 fully saturated rings. The zero-order chi connectivity index (χ0) is 21.1. The molecule has 0 bridgehead atoms. The van der Waals surface area contributed by atoms with Crippen LogP contribution in [0.3, 0.4) is 0 Å². The summed E-state index contributed by atoms with van der Waals surface area (Å²) in [5.41, 5.74) is 5.52. The fourth-order valence-electron chi connectivity index (χ4n) is 2.14. The molecule has 0 aromatic heterocycles. The molecule has 0 radical (unpaired) electrons. The van der Waals surface area contributed by atoms with Crippen LogP contribution in [0, 0.1) is 5.92 Å². The molecule has 0 aromatic carbocycles. The van der Waals surface area contributed by atoms with Crippen LogP contribution in [-0.2, 0) is 24.0 Å². The van der Waals surface area contributed by atoms with Gasteiger partial charge in [-0.15, -0.1) is 0 Å². The van der Waals surface area contributed by atoms with E-state index in [1.807, 2.05) is 6.92 Å². The van der Waals surface area contributed by atoms with Crippen molar-refractivity contribution in [2.45, 2.75) is 71.1 Å². The third kappa shape index (κ3) is 9.13. The number of carboxylic acid groups (broad SMARTS) is 1. The predicted molar refractivity (Wildman–Crippen MR) is 97.5 cm³/mol. The summed E-state index contributed by atoms with van der Waals surface area (Å²) in [5.74, 6) is -3.19. The number of aliphatic carboxylic acids is 1. The van der Waals surface area contributed by atoms with Gasteiger partial charge in [0.2, 0.25) is 17.7 Å². The molecule has 0 aliphatic carbocycles. The summed E-state index contributed by atoms with van der Waals surface area (Å²) in [6, 6.07) is -3.69. The molecule has 5 atom stereocenters. The van der Waals surface area contributed by atoms with E-state index < -0.39 is 47.9 Å². The molecule has 6 N–H and O–H groups in total. The van der Waals surface area contributed by atoms with Gasteiger partial charge in [-0.25, -0.2) is 0 Å². The van der Waals surface area contributed by atoms with Crippen molar-refractivity contribution in [2.24, 2.45) is 11.7 Å². The van der Waals surface area contributed by atoms with Crippen molar-refractivity contribution in [2.75, 3.05) is 0 Å². The van der Waals surface area contributed by atoms with Crippen LogP contribution in [0.15, 0.2) is 0 Å². The van der Waals surface area contributed by atoms with Crippen molar-refractivity contribution in [3.05, 3.63) is 0 Å². The summed E-state index contributed by atoms with van der Waals surface area (Å²) in [6.45, 7) is 6.52. The average molecular weight is 386 g/mol. The van der Waals surface area contributed by atoms with Crippen molar-refractivity contribution >= 4 is 30.0 Å². The van der Waals surface area contributed by atoms with Gasteiger partial charge in [-0.3, -0.25) is 19.2 Å². The van der Waals surface area contributed by atoms with Crippen LogP contribution >= 0.6 is 0 Å². The monoisotopic (exact) mass is 386 g/mol. The lowest BCUT2D eigenvalue weighted by Crippen LogP contribution is -2.58. The van der Waals surface area contributed by atoms with Crippen LogP contribution in [0.2, 0.25) is 0 Å². The minimum absolute atomic E-state index is 0.160. The fourth-order valence-corrected chi connectivity index (χ4v) is 2.14. The predicted octanol–water partition coefficient (Wildman–Crippen LogP) is -1.08. The standard InChI is InChI=1S/C17H30N4O6/c1-5-9(2)14(21-15(25)11(4)18)17(27)20-12(6-7-13(23)24)16(26)19-10(3)8-22/h8-12,14H,5-7,18H2,1-4H3,(H,19,26)(H,20,27)(H,21,25)(H,23,24)/t9-,10-,11-,12-,14-/m0/s1. The Morgan fingerprint density at radius 1 is 1.00 bits per heavy atom. The van der Waals surface area contributed by atoms with E-state index in [0.29, 0.717) is 12.7 Å². The Morgan fingerprint density at radius 2 is 1.59 bits per heavy atom. The molecule has 0 aromatic rings. The molecule has 10 heteroatoms. The number of hydrogen-bond acceptors (Lipinski definition) is 6. The minimum atomic E-state index is -1.16. The maximum absolute atomic E-state index is 12.7. The molecule has 0 saturated carbocycles. The topological polar surface area (TPSA) is 168 Å². The van der Waals surface area contributed by atoms with Crippen LogP contribution in [0.5, 0.6) is 0 Å². The van der Waals surface area contributed by atoms with Gasteiger partial charge in [0.25, 0.3) is 0 Å². The van der Waals surface area contributed by atoms with Crippen molar-refractivity contribution in [1.29, 1.82) is 0 Å². The van der Waals surface area contributed by atoms with Gasteiger partial charge >= 0.3 is 5.97 Å². The average Bonchev–Trinajstić information content (AvgIpc) is 2.61. The second-order valence-corrected chi connectivity index (χ2v) is 6.59. The number of hydrogen-bond donors (Lipinski definition) is 5. The Morgan fingerprint density at radius 3 is 2.04 bits per heavy atom. The van der Waals surface area contributed by atoms with E-state index in [-0.39, 0.29) is 18.8 Å². The van der Waals surface area contributed by atoms with E-state index >= 15 is 0 Å². The zero-order valence-electron chi connectivity index (χ0n) is 16.2. The SMILES string of the molecule is CC[C@H](C)[C@H](NC(=O)[C@H](C)N)C(=O)N[C@@H](CCC(=O)O)C(=O)N[C@@H](C)C=O. The highest BCUT2D eigenvalue weighted by Gasteiger charge is 2.31. The number of nitrogens with two attached hydrogens (primary N) is 1. The highest BCUT2D eigenvalue weighted by atomic mass is 16.4. The Hall–Kier alpha value is -2.49. The van der Waals surface area contributed by atoms with Crippen LogP contribution < -0.4 is 21.7 Å². The largest absolute Gasteiger partial charge is 0.481 e. The molecular formula is C17H30N4O6. The first kappa shape index (κ1) is 24.5. The second-order valence-electron chi connectivity index (χ2n) is 6.59. The molecule has 0 saturated heterocycles. The second kappa shape index (κ2) is 12.0. The van der Waals surface area contributed by atoms with Crippen LogP contribution in [0.25, 0.3) is 0 Å². The van der Waals surface area contributed by atoms with Gasteiger partial charge in [-0.1, -0.05) is 20.3 Å². The highest BCUT2D eigenvalue weighted by molar-refractivity contribution is 5.93. The smallest absolute Gasteiger partial charge is 0.303 e. The Bertz CT molecular complexity index is 552. The van der Waals surface area contributed by atoms with Gasteiger partial charge < -0.3 is 31.6 Å². The first-order valence-electron chi connectivity index (χ1n) is 8.87. The number of carboxylic acids is 1. The van der Waals surface area contributed by atoms with Crippen molar-refractivity contribution in [3.8, 4) is 0 Å². The van der Waals surface area contributed by atoms with E-state index in [1.165, 1.54) is 13.8 Å². The number of carbonyl (C=O) groups excluding carboxylic acids is 4. The summed E-state index contributed by atoms with van der Waals surface area (Å²) >= 11 is 0. The zero-order valence-corrected chi connectivity index (χ0v) is 16.2. The number of aldehydes is 1. The summed E-state index contributed by atoms with van der Waals surface area (Å²) in [5, 5.41) is 16.3. The van der Waals surface area contributed by atoms with Gasteiger partial charge in [-0.05, 0) is 26.2 Å². The van der Waals surface area contributed by atoms with Gasteiger partial charge in [0.05, 0.1) is 12.1 Å². The third-order valence-electron chi connectivity index (χ3n) is 4.06. The van der Waals surface area contributed by atoms with E-state index in [4.69, 9.17) is 10.8 Å².